The number of hydrogen-bond acceptors (Lipinski definition) is 4. The lowest BCUT2D eigenvalue weighted by Crippen LogP contribution is -2.27. The highest BCUT2D eigenvalue weighted by molar-refractivity contribution is 6.04. The number of nitrogens with one attached hydrogen (secondary N) is 3. The summed E-state index contributed by atoms with van der Waals surface area (Å²) in [5.74, 6) is -1.45. The number of aromatic amines is 1. The number of pyridine rings is 1. The fourth-order valence-electron chi connectivity index (χ4n) is 3.18. The average Bonchev–Trinajstić information content (AvgIpc) is 3.16. The number of aryl methyl sites for hydroxylation is 1. The fourth-order valence-corrected chi connectivity index (χ4v) is 3.18. The molecule has 35 heavy (non-hydrogen) atoms. The number of H-pyrrole nitrogens is 1. The Balaban J connectivity index is 1.83. The molecule has 0 aliphatic heterocycles. The summed E-state index contributed by atoms with van der Waals surface area (Å²) in [7, 11) is 0. The van der Waals surface area contributed by atoms with Crippen molar-refractivity contribution >= 4 is 17.8 Å². The molecule has 0 saturated heterocycles. The number of carbonyl (C=O) groups excluding carboxylic acids is 2. The van der Waals surface area contributed by atoms with E-state index in [4.69, 9.17) is 0 Å². The first kappa shape index (κ1) is 25.8. The minimum atomic E-state index is -4.59. The van der Waals surface area contributed by atoms with Crippen molar-refractivity contribution in [1.82, 2.24) is 20.3 Å². The lowest BCUT2D eigenvalue weighted by Gasteiger charge is -2.12. The predicted molar refractivity (Wildman–Crippen MR) is 118 cm³/mol. The van der Waals surface area contributed by atoms with E-state index >= 15 is 0 Å². The average molecular weight is 495 g/mol. The van der Waals surface area contributed by atoms with Crippen LogP contribution in [0.2, 0.25) is 0 Å². The number of rotatable bonds is 7. The number of benzene rings is 1. The van der Waals surface area contributed by atoms with E-state index in [9.17, 15) is 31.5 Å². The van der Waals surface area contributed by atoms with Crippen LogP contribution in [0.4, 0.5) is 27.9 Å². The highest BCUT2D eigenvalue weighted by Crippen LogP contribution is 2.30. The molecule has 0 aliphatic carbocycles. The lowest BCUT2D eigenvalue weighted by molar-refractivity contribution is -0.141. The third-order valence-electron chi connectivity index (χ3n) is 5.05. The predicted octanol–water partition coefficient (Wildman–Crippen LogP) is 5.26. The zero-order chi connectivity index (χ0) is 25.9. The molecule has 0 atom stereocenters. The first-order chi connectivity index (χ1) is 16.4. The van der Waals surface area contributed by atoms with Gasteiger partial charge in [-0.2, -0.15) is 13.2 Å². The van der Waals surface area contributed by atoms with Gasteiger partial charge in [0.05, 0.1) is 11.4 Å². The molecular formula is C23H22F5N5O2. The van der Waals surface area contributed by atoms with Crippen molar-refractivity contribution < 1.29 is 31.5 Å². The Labute approximate surface area is 197 Å². The van der Waals surface area contributed by atoms with E-state index in [1.54, 1.807) is 20.8 Å². The summed E-state index contributed by atoms with van der Waals surface area (Å²) in [6, 6.07) is 5.78. The highest BCUT2D eigenvalue weighted by Gasteiger charge is 2.32. The fraction of sp³-hybridized carbons (Fsp3) is 0.304. The van der Waals surface area contributed by atoms with E-state index in [0.717, 1.165) is 18.3 Å². The van der Waals surface area contributed by atoms with Gasteiger partial charge >= 0.3 is 6.18 Å². The van der Waals surface area contributed by atoms with Crippen molar-refractivity contribution in [1.29, 1.82) is 0 Å². The maximum atomic E-state index is 13.5. The molecule has 0 unspecified atom stereocenters. The maximum Gasteiger partial charge on any atom is 0.433 e. The van der Waals surface area contributed by atoms with Crippen molar-refractivity contribution in [3.8, 4) is 11.3 Å². The standard InChI is InChI=1S/C23H22F5N5O2/c1-11(2)20(34)30-9-13-4-6-15(19(24)25)16(8-13)21(35)33-22-31-12(3)18(32-22)14-5-7-17(29-10-14)23(26,27)28/h4-8,10-11,19H,9H2,1-3H3,(H,30,34)(H2,31,32,33,35). The Morgan fingerprint density at radius 2 is 1.83 bits per heavy atom. The molecule has 0 aliphatic rings. The van der Waals surface area contributed by atoms with Crippen LogP contribution in [0.3, 0.4) is 0 Å². The normalized spacial score (nSPS) is 11.7. The first-order valence-electron chi connectivity index (χ1n) is 10.5. The minimum Gasteiger partial charge on any atom is -0.352 e. The lowest BCUT2D eigenvalue weighted by atomic mass is 10.0. The van der Waals surface area contributed by atoms with Gasteiger partial charge in [0.25, 0.3) is 12.3 Å². The van der Waals surface area contributed by atoms with Gasteiger partial charge in [-0.1, -0.05) is 26.0 Å². The molecule has 2 heterocycles. The van der Waals surface area contributed by atoms with Crippen LogP contribution in [0.1, 0.15) is 53.1 Å². The van der Waals surface area contributed by atoms with Crippen molar-refractivity contribution in [2.75, 3.05) is 5.32 Å². The van der Waals surface area contributed by atoms with E-state index in [2.05, 4.69) is 25.6 Å². The van der Waals surface area contributed by atoms with E-state index in [-0.39, 0.29) is 29.9 Å². The van der Waals surface area contributed by atoms with Crippen LogP contribution in [0.5, 0.6) is 0 Å². The summed E-state index contributed by atoms with van der Waals surface area (Å²) >= 11 is 0. The molecule has 3 aromatic rings. The van der Waals surface area contributed by atoms with E-state index in [1.165, 1.54) is 18.2 Å². The summed E-state index contributed by atoms with van der Waals surface area (Å²) in [6.07, 6.45) is -6.50. The number of alkyl halides is 5. The number of anilines is 1. The van der Waals surface area contributed by atoms with Crippen molar-refractivity contribution in [3.63, 3.8) is 0 Å². The number of imidazole rings is 1. The minimum absolute atomic E-state index is 0.0474. The van der Waals surface area contributed by atoms with Crippen LogP contribution in [-0.2, 0) is 17.5 Å². The van der Waals surface area contributed by atoms with Crippen LogP contribution in [0.15, 0.2) is 36.5 Å². The number of carbonyl (C=O) groups is 2. The van der Waals surface area contributed by atoms with Gasteiger partial charge in [-0.15, -0.1) is 0 Å². The van der Waals surface area contributed by atoms with E-state index < -0.39 is 29.8 Å². The number of hydrogen-bond donors (Lipinski definition) is 3. The number of halogens is 5. The molecule has 0 fully saturated rings. The Morgan fingerprint density at radius 3 is 2.40 bits per heavy atom. The van der Waals surface area contributed by atoms with Crippen molar-refractivity contribution in [3.05, 3.63) is 64.6 Å². The van der Waals surface area contributed by atoms with Gasteiger partial charge in [0.2, 0.25) is 11.9 Å². The monoisotopic (exact) mass is 495 g/mol. The second-order valence-electron chi connectivity index (χ2n) is 8.02. The molecule has 0 bridgehead atoms. The summed E-state index contributed by atoms with van der Waals surface area (Å²) in [4.78, 5) is 34.9. The molecule has 2 aromatic heterocycles. The maximum absolute atomic E-state index is 13.5. The third kappa shape index (κ3) is 6.19. The van der Waals surface area contributed by atoms with Gasteiger partial charge in [-0.05, 0) is 30.7 Å². The molecule has 3 N–H and O–H groups in total. The van der Waals surface area contributed by atoms with Gasteiger partial charge in [-0.3, -0.25) is 19.9 Å². The molecular weight excluding hydrogens is 473 g/mol. The Bertz CT molecular complexity index is 1220. The Kier molecular flexibility index (Phi) is 7.51. The van der Waals surface area contributed by atoms with Crippen LogP contribution >= 0.6 is 0 Å². The highest BCUT2D eigenvalue weighted by atomic mass is 19.4. The molecule has 0 saturated carbocycles. The second kappa shape index (κ2) is 10.2. The van der Waals surface area contributed by atoms with Gasteiger partial charge in [-0.25, -0.2) is 13.8 Å². The Morgan fingerprint density at radius 1 is 1.11 bits per heavy atom. The second-order valence-corrected chi connectivity index (χ2v) is 8.02. The van der Waals surface area contributed by atoms with Crippen LogP contribution in [0, 0.1) is 12.8 Å². The topological polar surface area (TPSA) is 99.8 Å². The number of amides is 2. The molecule has 186 valence electrons. The van der Waals surface area contributed by atoms with Crippen molar-refractivity contribution in [2.45, 2.75) is 39.9 Å². The van der Waals surface area contributed by atoms with Crippen LogP contribution in [-0.4, -0.2) is 26.8 Å². The molecule has 1 aromatic carbocycles. The van der Waals surface area contributed by atoms with E-state index in [0.29, 0.717) is 22.5 Å². The van der Waals surface area contributed by atoms with Gasteiger partial charge in [0.15, 0.2) is 0 Å². The van der Waals surface area contributed by atoms with Gasteiger partial charge in [0, 0.05) is 35.3 Å². The zero-order valence-electron chi connectivity index (χ0n) is 18.9. The quantitative estimate of drug-likeness (QED) is 0.389. The van der Waals surface area contributed by atoms with Gasteiger partial charge < -0.3 is 10.3 Å². The summed E-state index contributed by atoms with van der Waals surface area (Å²) < 4.78 is 65.3. The summed E-state index contributed by atoms with van der Waals surface area (Å²) in [6.45, 7) is 5.01. The van der Waals surface area contributed by atoms with E-state index in [1.807, 2.05) is 0 Å². The molecule has 0 spiro atoms. The summed E-state index contributed by atoms with van der Waals surface area (Å²) in [5, 5.41) is 5.06. The summed E-state index contributed by atoms with van der Waals surface area (Å²) in [5.41, 5.74) is -0.474. The number of nitrogens with zero attached hydrogens (tertiary/aromatic N) is 2. The first-order valence-corrected chi connectivity index (χ1v) is 10.5. The smallest absolute Gasteiger partial charge is 0.352 e. The molecule has 12 heteroatoms. The number of aromatic nitrogens is 3. The SMILES string of the molecule is Cc1nc(NC(=O)c2cc(CNC(=O)C(C)C)ccc2C(F)F)[nH]c1-c1ccc(C(F)(F)F)nc1. The van der Waals surface area contributed by atoms with Crippen molar-refractivity contribution in [2.24, 2.45) is 5.92 Å². The molecule has 2 amide bonds. The van der Waals surface area contributed by atoms with Crippen LogP contribution in [0.25, 0.3) is 11.3 Å². The third-order valence-corrected chi connectivity index (χ3v) is 5.05. The Hall–Kier alpha value is -3.83. The molecule has 3 rings (SSSR count). The molecule has 0 radical (unpaired) electrons. The largest absolute Gasteiger partial charge is 0.433 e. The van der Waals surface area contributed by atoms with Gasteiger partial charge in [0.1, 0.15) is 5.69 Å². The zero-order valence-corrected chi connectivity index (χ0v) is 18.9. The van der Waals surface area contributed by atoms with Crippen LogP contribution < -0.4 is 10.6 Å². The molecule has 7 nitrogen and oxygen atoms in total.